The van der Waals surface area contributed by atoms with E-state index in [1.807, 2.05) is 6.92 Å². The van der Waals surface area contributed by atoms with E-state index >= 15 is 0 Å². The fourth-order valence-corrected chi connectivity index (χ4v) is 1.84. The predicted octanol–water partition coefficient (Wildman–Crippen LogP) is 2.36. The zero-order chi connectivity index (χ0) is 12.1. The number of rotatable bonds is 5. The Kier molecular flexibility index (Phi) is 7.54. The van der Waals surface area contributed by atoms with Crippen LogP contribution in [0.5, 0.6) is 11.5 Å². The van der Waals surface area contributed by atoms with Gasteiger partial charge in [0.25, 0.3) is 0 Å². The van der Waals surface area contributed by atoms with Gasteiger partial charge >= 0.3 is 0 Å². The third kappa shape index (κ3) is 4.35. The van der Waals surface area contributed by atoms with Crippen molar-refractivity contribution < 1.29 is 14.9 Å². The van der Waals surface area contributed by atoms with Crippen LogP contribution in [0.15, 0.2) is 16.6 Å². The molecule has 0 aromatic heterocycles. The van der Waals surface area contributed by atoms with Gasteiger partial charge < -0.3 is 20.7 Å². The third-order valence-corrected chi connectivity index (χ3v) is 2.82. The molecule has 4 nitrogen and oxygen atoms in total. The molecule has 0 unspecified atom stereocenters. The first-order valence-corrected chi connectivity index (χ1v) is 5.91. The van der Waals surface area contributed by atoms with Crippen LogP contribution < -0.4 is 10.5 Å². The van der Waals surface area contributed by atoms with Crippen molar-refractivity contribution in [2.45, 2.75) is 19.4 Å². The minimum Gasteiger partial charge on any atom is -0.503 e. The molecule has 4 N–H and O–H groups in total. The first-order valence-electron chi connectivity index (χ1n) is 5.11. The van der Waals surface area contributed by atoms with Crippen LogP contribution in [0.25, 0.3) is 0 Å². The SMILES string of the molecule is CCOc1cc([C@H](N)CCO)cc(Br)c1O.Cl. The molecule has 0 aliphatic rings. The highest BCUT2D eigenvalue weighted by molar-refractivity contribution is 9.10. The number of benzene rings is 1. The van der Waals surface area contributed by atoms with Gasteiger partial charge in [-0.2, -0.15) is 0 Å². The fourth-order valence-electron chi connectivity index (χ4n) is 1.38. The summed E-state index contributed by atoms with van der Waals surface area (Å²) in [6.07, 6.45) is 0.475. The molecule has 0 saturated heterocycles. The second-order valence-corrected chi connectivity index (χ2v) is 4.26. The van der Waals surface area contributed by atoms with Crippen LogP contribution in [0.3, 0.4) is 0 Å². The molecule has 0 amide bonds. The summed E-state index contributed by atoms with van der Waals surface area (Å²) in [5.41, 5.74) is 6.69. The third-order valence-electron chi connectivity index (χ3n) is 2.22. The van der Waals surface area contributed by atoms with Gasteiger partial charge in [-0.25, -0.2) is 0 Å². The van der Waals surface area contributed by atoms with Gasteiger partial charge in [-0.05, 0) is 47.0 Å². The van der Waals surface area contributed by atoms with Crippen LogP contribution in [0.4, 0.5) is 0 Å². The Hall–Kier alpha value is -0.490. The summed E-state index contributed by atoms with van der Waals surface area (Å²) in [5, 5.41) is 18.5. The Labute approximate surface area is 115 Å². The van der Waals surface area contributed by atoms with E-state index in [1.165, 1.54) is 0 Å². The zero-order valence-electron chi connectivity index (χ0n) is 9.52. The standard InChI is InChI=1S/C11H16BrNO3.ClH/c1-2-16-10-6-7(9(13)3-4-14)5-8(12)11(10)15;/h5-6,9,14-15H,2-4,13H2,1H3;1H/t9-;/m1./s1. The Balaban J connectivity index is 0.00000256. The number of halogens is 2. The minimum absolute atomic E-state index is 0. The maximum atomic E-state index is 9.70. The van der Waals surface area contributed by atoms with Crippen LogP contribution in [0.2, 0.25) is 0 Å². The summed E-state index contributed by atoms with van der Waals surface area (Å²) < 4.78 is 5.83. The van der Waals surface area contributed by atoms with Crippen molar-refractivity contribution in [1.82, 2.24) is 0 Å². The summed E-state index contributed by atoms with van der Waals surface area (Å²) in [4.78, 5) is 0. The van der Waals surface area contributed by atoms with Gasteiger partial charge in [0.05, 0.1) is 11.1 Å². The lowest BCUT2D eigenvalue weighted by atomic mass is 10.0. The van der Waals surface area contributed by atoms with Crippen molar-refractivity contribution in [3.05, 3.63) is 22.2 Å². The minimum atomic E-state index is -0.263. The van der Waals surface area contributed by atoms with E-state index in [2.05, 4.69) is 15.9 Å². The zero-order valence-corrected chi connectivity index (χ0v) is 11.9. The molecule has 0 heterocycles. The van der Waals surface area contributed by atoms with Crippen LogP contribution in [0.1, 0.15) is 24.9 Å². The van der Waals surface area contributed by atoms with Crippen molar-refractivity contribution >= 4 is 28.3 Å². The maximum Gasteiger partial charge on any atom is 0.172 e. The lowest BCUT2D eigenvalue weighted by molar-refractivity contribution is 0.276. The molecule has 17 heavy (non-hydrogen) atoms. The number of nitrogens with two attached hydrogens (primary N) is 1. The number of ether oxygens (including phenoxy) is 1. The number of aromatic hydroxyl groups is 1. The molecule has 0 bridgehead atoms. The van der Waals surface area contributed by atoms with Crippen molar-refractivity contribution in [3.63, 3.8) is 0 Å². The maximum absolute atomic E-state index is 9.70. The van der Waals surface area contributed by atoms with E-state index in [0.29, 0.717) is 23.2 Å². The molecule has 0 radical (unpaired) electrons. The lowest BCUT2D eigenvalue weighted by Gasteiger charge is -2.14. The van der Waals surface area contributed by atoms with E-state index in [0.717, 1.165) is 5.56 Å². The second-order valence-electron chi connectivity index (χ2n) is 3.40. The van der Waals surface area contributed by atoms with Crippen LogP contribution in [-0.2, 0) is 0 Å². The first-order chi connectivity index (χ1) is 7.60. The average molecular weight is 327 g/mol. The predicted molar refractivity (Wildman–Crippen MR) is 72.9 cm³/mol. The summed E-state index contributed by atoms with van der Waals surface area (Å²) >= 11 is 3.24. The van der Waals surface area contributed by atoms with Crippen molar-refractivity contribution in [3.8, 4) is 11.5 Å². The van der Waals surface area contributed by atoms with Crippen molar-refractivity contribution in [2.24, 2.45) is 5.73 Å². The second kappa shape index (κ2) is 7.76. The quantitative estimate of drug-likeness (QED) is 0.776. The fraction of sp³-hybridized carbons (Fsp3) is 0.455. The number of aliphatic hydroxyl groups excluding tert-OH is 1. The molecule has 1 rings (SSSR count). The number of hydrogen-bond acceptors (Lipinski definition) is 4. The van der Waals surface area contributed by atoms with E-state index in [1.54, 1.807) is 12.1 Å². The van der Waals surface area contributed by atoms with Gasteiger partial charge in [0.2, 0.25) is 0 Å². The smallest absolute Gasteiger partial charge is 0.172 e. The number of aliphatic hydroxyl groups is 1. The van der Waals surface area contributed by atoms with Gasteiger partial charge in [0.1, 0.15) is 0 Å². The summed E-state index contributed by atoms with van der Waals surface area (Å²) in [5.74, 6) is 0.474. The normalized spacial score (nSPS) is 11.8. The first kappa shape index (κ1) is 16.5. The van der Waals surface area contributed by atoms with Gasteiger partial charge in [0, 0.05) is 12.6 Å². The molecule has 0 aliphatic heterocycles. The molecule has 0 fully saturated rings. The van der Waals surface area contributed by atoms with Crippen LogP contribution in [-0.4, -0.2) is 23.4 Å². The lowest BCUT2D eigenvalue weighted by Crippen LogP contribution is -2.12. The Morgan fingerprint density at radius 1 is 1.47 bits per heavy atom. The largest absolute Gasteiger partial charge is 0.503 e. The van der Waals surface area contributed by atoms with Crippen molar-refractivity contribution in [1.29, 1.82) is 0 Å². The molecule has 1 atom stereocenters. The average Bonchev–Trinajstić information content (AvgIpc) is 2.25. The highest BCUT2D eigenvalue weighted by atomic mass is 79.9. The summed E-state index contributed by atoms with van der Waals surface area (Å²) in [6.45, 7) is 2.34. The molecule has 0 saturated carbocycles. The molecule has 1 aromatic rings. The Bertz CT molecular complexity index is 363. The van der Waals surface area contributed by atoms with E-state index < -0.39 is 0 Å². The molecule has 6 heteroatoms. The summed E-state index contributed by atoms with van der Waals surface area (Å²) in [7, 11) is 0. The van der Waals surface area contributed by atoms with Crippen molar-refractivity contribution in [2.75, 3.05) is 13.2 Å². The Morgan fingerprint density at radius 3 is 2.65 bits per heavy atom. The highest BCUT2D eigenvalue weighted by Gasteiger charge is 2.13. The highest BCUT2D eigenvalue weighted by Crippen LogP contribution is 2.37. The van der Waals surface area contributed by atoms with Crippen LogP contribution >= 0.6 is 28.3 Å². The van der Waals surface area contributed by atoms with E-state index in [9.17, 15) is 5.11 Å². The number of hydrogen-bond donors (Lipinski definition) is 3. The molecule has 1 aromatic carbocycles. The number of phenols is 1. The molecule has 98 valence electrons. The molecular formula is C11H17BrClNO3. The summed E-state index contributed by atoms with van der Waals surface area (Å²) in [6, 6.07) is 3.17. The Morgan fingerprint density at radius 2 is 2.12 bits per heavy atom. The number of phenolic OH excluding ortho intramolecular Hbond substituents is 1. The topological polar surface area (TPSA) is 75.7 Å². The van der Waals surface area contributed by atoms with Crippen LogP contribution in [0, 0.1) is 0 Å². The van der Waals surface area contributed by atoms with Gasteiger partial charge in [-0.3, -0.25) is 0 Å². The molecule has 0 aliphatic carbocycles. The van der Waals surface area contributed by atoms with E-state index in [4.69, 9.17) is 15.6 Å². The van der Waals surface area contributed by atoms with Gasteiger partial charge in [-0.15, -0.1) is 12.4 Å². The van der Waals surface area contributed by atoms with Gasteiger partial charge in [0.15, 0.2) is 11.5 Å². The molecular weight excluding hydrogens is 309 g/mol. The van der Waals surface area contributed by atoms with Gasteiger partial charge in [-0.1, -0.05) is 0 Å². The monoisotopic (exact) mass is 325 g/mol. The molecule has 0 spiro atoms. The van der Waals surface area contributed by atoms with E-state index in [-0.39, 0.29) is 30.8 Å².